The van der Waals surface area contributed by atoms with E-state index in [1.165, 1.54) is 0 Å². The number of nitrogens with one attached hydrogen (secondary N) is 1. The van der Waals surface area contributed by atoms with E-state index >= 15 is 0 Å². The molecule has 0 heterocycles. The van der Waals surface area contributed by atoms with Crippen molar-refractivity contribution in [2.75, 3.05) is 12.3 Å². The first-order chi connectivity index (χ1) is 4.92. The lowest BCUT2D eigenvalue weighted by Crippen LogP contribution is -2.25. The first-order valence-corrected chi connectivity index (χ1v) is 6.21. The predicted octanol–water partition coefficient (Wildman–Crippen LogP) is 0.520. The second-order valence-electron chi connectivity index (χ2n) is 2.36. The molecule has 0 aromatic heterocycles. The molecule has 0 radical (unpaired) electrons. The van der Waals surface area contributed by atoms with Crippen LogP contribution in [0.25, 0.3) is 0 Å². The molecule has 0 atom stereocenters. The fraction of sp³-hybridized carbons (Fsp3) is 1.00. The molecule has 0 fully saturated rings. The Hall–Kier alpha value is 0.220. The van der Waals surface area contributed by atoms with Gasteiger partial charge in [0.15, 0.2) is 0 Å². The summed E-state index contributed by atoms with van der Waals surface area (Å²) < 4.78 is 28.6. The van der Waals surface area contributed by atoms with Crippen molar-refractivity contribution in [3.05, 3.63) is 0 Å². The maximum Gasteiger partial charge on any atom is 0.319 e. The van der Waals surface area contributed by atoms with Crippen LogP contribution in [0.3, 0.4) is 0 Å². The monoisotopic (exact) mass is 199 g/mol. The summed E-state index contributed by atoms with van der Waals surface area (Å²) in [6.45, 7) is 4.53. The molecule has 68 valence electrons. The van der Waals surface area contributed by atoms with Crippen LogP contribution in [0, 0.1) is 0 Å². The van der Waals surface area contributed by atoms with E-state index in [1.807, 2.05) is 13.8 Å². The summed E-state index contributed by atoms with van der Waals surface area (Å²) in [6, 6.07) is 0.344. The largest absolute Gasteiger partial charge is 0.319 e. The van der Waals surface area contributed by atoms with Crippen LogP contribution in [-0.2, 0) is 9.15 Å². The van der Waals surface area contributed by atoms with Gasteiger partial charge in [-0.15, -0.1) is 0 Å². The molecular formula is C5H13NO3S2. The number of hydrogen-bond acceptors (Lipinski definition) is 4. The quantitative estimate of drug-likeness (QED) is 0.384. The molecule has 11 heavy (non-hydrogen) atoms. The van der Waals surface area contributed by atoms with Gasteiger partial charge in [-0.1, -0.05) is 13.8 Å². The van der Waals surface area contributed by atoms with E-state index in [-0.39, 0.29) is 0 Å². The predicted molar refractivity (Wildman–Crippen MR) is 47.1 cm³/mol. The Kier molecular flexibility index (Phi) is 5.07. The van der Waals surface area contributed by atoms with Crippen molar-refractivity contribution < 1.29 is 13.0 Å². The zero-order chi connectivity index (χ0) is 8.91. The van der Waals surface area contributed by atoms with E-state index in [9.17, 15) is 8.42 Å². The summed E-state index contributed by atoms with van der Waals surface area (Å²) in [6.07, 6.45) is 0. The van der Waals surface area contributed by atoms with Crippen molar-refractivity contribution in [2.45, 2.75) is 19.9 Å². The summed E-state index contributed by atoms with van der Waals surface area (Å²) in [4.78, 5) is 0. The van der Waals surface area contributed by atoms with Crippen molar-refractivity contribution >= 4 is 19.9 Å². The molecule has 0 bridgehead atoms. The van der Waals surface area contributed by atoms with Gasteiger partial charge in [0, 0.05) is 18.3 Å². The normalized spacial score (nSPS) is 12.4. The minimum atomic E-state index is -3.85. The van der Waals surface area contributed by atoms with Crippen molar-refractivity contribution in [2.24, 2.45) is 0 Å². The van der Waals surface area contributed by atoms with Gasteiger partial charge in [0.05, 0.1) is 0 Å². The highest BCUT2D eigenvalue weighted by atomic mass is 33.1. The van der Waals surface area contributed by atoms with E-state index in [0.717, 1.165) is 0 Å². The molecule has 0 rings (SSSR count). The molecule has 0 unspecified atom stereocenters. The molecule has 2 N–H and O–H groups in total. The highest BCUT2D eigenvalue weighted by Crippen LogP contribution is 2.06. The Bertz CT molecular complexity index is 188. The van der Waals surface area contributed by atoms with Gasteiger partial charge in [0.25, 0.3) is 0 Å². The van der Waals surface area contributed by atoms with Crippen molar-refractivity contribution in [3.63, 3.8) is 0 Å². The molecule has 0 aromatic carbocycles. The molecule has 0 aromatic rings. The highest BCUT2D eigenvalue weighted by molar-refractivity contribution is 8.69. The molecule has 4 nitrogen and oxygen atoms in total. The van der Waals surface area contributed by atoms with Crippen LogP contribution in [-0.4, -0.2) is 31.3 Å². The lowest BCUT2D eigenvalue weighted by atomic mass is 10.4. The summed E-state index contributed by atoms with van der Waals surface area (Å²) in [5, 5.41) is 3.02. The molecular weight excluding hydrogens is 186 g/mol. The minimum Gasteiger partial charge on any atom is -0.314 e. The zero-order valence-electron chi connectivity index (χ0n) is 6.57. The average Bonchev–Trinajstić information content (AvgIpc) is 1.78. The van der Waals surface area contributed by atoms with E-state index in [0.29, 0.717) is 29.1 Å². The highest BCUT2D eigenvalue weighted by Gasteiger charge is 2.03. The standard InChI is InChI=1S/C5H13NO3S2/c1-5(2)6-3-4-10-11(7,8)9/h5-6H,3-4H2,1-2H3,(H,7,8,9). The maximum absolute atomic E-state index is 10.2. The Morgan fingerprint density at radius 3 is 2.45 bits per heavy atom. The second kappa shape index (κ2) is 4.97. The third-order valence-electron chi connectivity index (χ3n) is 0.887. The molecule has 0 aliphatic heterocycles. The van der Waals surface area contributed by atoms with Gasteiger partial charge >= 0.3 is 9.15 Å². The van der Waals surface area contributed by atoms with Gasteiger partial charge in [-0.3, -0.25) is 4.55 Å². The maximum atomic E-state index is 10.2. The molecule has 0 spiro atoms. The first-order valence-electron chi connectivity index (χ1n) is 3.27. The van der Waals surface area contributed by atoms with Gasteiger partial charge in [-0.05, 0) is 10.8 Å². The van der Waals surface area contributed by atoms with Crippen LogP contribution in [0.1, 0.15) is 13.8 Å². The Balaban J connectivity index is 3.30. The fourth-order valence-corrected chi connectivity index (χ4v) is 1.79. The molecule has 0 amide bonds. The van der Waals surface area contributed by atoms with Gasteiger partial charge in [0.1, 0.15) is 0 Å². The summed E-state index contributed by atoms with van der Waals surface area (Å²) >= 11 is 0. The SMILES string of the molecule is CC(C)NCCSS(=O)(=O)O. The van der Waals surface area contributed by atoms with E-state index < -0.39 is 9.15 Å². The van der Waals surface area contributed by atoms with E-state index in [2.05, 4.69) is 5.32 Å². The van der Waals surface area contributed by atoms with Crippen molar-refractivity contribution in [1.82, 2.24) is 5.32 Å². The summed E-state index contributed by atoms with van der Waals surface area (Å²) in [7, 11) is -3.30. The van der Waals surface area contributed by atoms with Crippen LogP contribution in [0.4, 0.5) is 0 Å². The molecule has 0 saturated heterocycles. The average molecular weight is 199 g/mol. The zero-order valence-corrected chi connectivity index (χ0v) is 8.20. The molecule has 6 heteroatoms. The lowest BCUT2D eigenvalue weighted by molar-refractivity contribution is 0.503. The van der Waals surface area contributed by atoms with Crippen molar-refractivity contribution in [3.8, 4) is 0 Å². The lowest BCUT2D eigenvalue weighted by Gasteiger charge is -2.05. The molecule has 0 aliphatic carbocycles. The van der Waals surface area contributed by atoms with E-state index in [4.69, 9.17) is 4.55 Å². The summed E-state index contributed by atoms with van der Waals surface area (Å²) in [5.41, 5.74) is 0. The smallest absolute Gasteiger partial charge is 0.314 e. The van der Waals surface area contributed by atoms with Gasteiger partial charge < -0.3 is 5.32 Å². The molecule has 0 saturated carbocycles. The third kappa shape index (κ3) is 10.2. The number of hydrogen-bond donors (Lipinski definition) is 2. The third-order valence-corrected chi connectivity index (χ3v) is 2.95. The van der Waals surface area contributed by atoms with Crippen LogP contribution in [0.2, 0.25) is 0 Å². The van der Waals surface area contributed by atoms with Gasteiger partial charge in [-0.2, -0.15) is 8.42 Å². The second-order valence-corrected chi connectivity index (χ2v) is 5.83. The Morgan fingerprint density at radius 2 is 2.09 bits per heavy atom. The summed E-state index contributed by atoms with van der Waals surface area (Å²) in [5.74, 6) is 0.372. The van der Waals surface area contributed by atoms with E-state index in [1.54, 1.807) is 0 Å². The van der Waals surface area contributed by atoms with Crippen molar-refractivity contribution in [1.29, 1.82) is 0 Å². The minimum absolute atomic E-state index is 0.344. The van der Waals surface area contributed by atoms with Gasteiger partial charge in [-0.25, -0.2) is 0 Å². The Labute approximate surface area is 70.9 Å². The molecule has 0 aliphatic rings. The van der Waals surface area contributed by atoms with Crippen LogP contribution < -0.4 is 5.32 Å². The number of rotatable bonds is 5. The van der Waals surface area contributed by atoms with Crippen LogP contribution >= 0.6 is 10.8 Å². The fourth-order valence-electron chi connectivity index (χ4n) is 0.495. The Morgan fingerprint density at radius 1 is 1.55 bits per heavy atom. The first kappa shape index (κ1) is 11.2. The van der Waals surface area contributed by atoms with Gasteiger partial charge in [0.2, 0.25) is 0 Å². The van der Waals surface area contributed by atoms with Crippen LogP contribution in [0.15, 0.2) is 0 Å². The van der Waals surface area contributed by atoms with Crippen LogP contribution in [0.5, 0.6) is 0 Å². The topological polar surface area (TPSA) is 66.4 Å².